The van der Waals surface area contributed by atoms with Crippen molar-refractivity contribution in [1.29, 1.82) is 0 Å². The zero-order valence-electron chi connectivity index (χ0n) is 11.8. The largest absolute Gasteiger partial charge is 0.395 e. The summed E-state index contributed by atoms with van der Waals surface area (Å²) in [6, 6.07) is 0.239. The van der Waals surface area contributed by atoms with Gasteiger partial charge in [-0.25, -0.2) is 0 Å². The normalized spacial score (nSPS) is 22.9. The van der Waals surface area contributed by atoms with Crippen molar-refractivity contribution in [2.75, 3.05) is 20.2 Å². The van der Waals surface area contributed by atoms with E-state index in [1.807, 2.05) is 0 Å². The smallest absolute Gasteiger partial charge is 0.282 e. The molecule has 2 rings (SSSR count). The van der Waals surface area contributed by atoms with Crippen molar-refractivity contribution in [3.05, 3.63) is 0 Å². The minimum atomic E-state index is -3.42. The average Bonchev–Trinajstić information content (AvgIpc) is 2.36. The van der Waals surface area contributed by atoms with Crippen molar-refractivity contribution >= 4 is 10.2 Å². The molecular formula is C13H26N2O3S. The van der Waals surface area contributed by atoms with Gasteiger partial charge in [-0.2, -0.15) is 17.0 Å². The second-order valence-electron chi connectivity index (χ2n) is 5.73. The molecule has 0 aliphatic heterocycles. The maximum Gasteiger partial charge on any atom is 0.282 e. The van der Waals surface area contributed by atoms with Crippen LogP contribution in [0.25, 0.3) is 0 Å². The van der Waals surface area contributed by atoms with E-state index in [-0.39, 0.29) is 25.2 Å². The molecule has 19 heavy (non-hydrogen) atoms. The van der Waals surface area contributed by atoms with Gasteiger partial charge in [-0.3, -0.25) is 0 Å². The molecular weight excluding hydrogens is 264 g/mol. The maximum absolute atomic E-state index is 12.7. The van der Waals surface area contributed by atoms with Crippen LogP contribution in [0.1, 0.15) is 51.4 Å². The first-order chi connectivity index (χ1) is 9.07. The van der Waals surface area contributed by atoms with E-state index in [1.165, 1.54) is 10.7 Å². The van der Waals surface area contributed by atoms with E-state index in [0.717, 1.165) is 44.9 Å². The number of hydrogen-bond acceptors (Lipinski definition) is 3. The molecule has 2 aliphatic rings. The average molecular weight is 290 g/mol. The van der Waals surface area contributed by atoms with Crippen LogP contribution >= 0.6 is 0 Å². The van der Waals surface area contributed by atoms with Crippen molar-refractivity contribution in [3.63, 3.8) is 0 Å². The molecule has 6 heteroatoms. The van der Waals surface area contributed by atoms with Crippen molar-refractivity contribution < 1.29 is 13.5 Å². The number of aliphatic hydroxyl groups is 1. The highest BCUT2D eigenvalue weighted by Gasteiger charge is 2.38. The Balaban J connectivity index is 2.08. The predicted molar refractivity (Wildman–Crippen MR) is 75.0 cm³/mol. The van der Waals surface area contributed by atoms with Crippen LogP contribution in [0, 0.1) is 0 Å². The van der Waals surface area contributed by atoms with E-state index < -0.39 is 10.2 Å². The van der Waals surface area contributed by atoms with Crippen LogP contribution in [-0.2, 0) is 10.2 Å². The Labute approximate surface area is 116 Å². The number of rotatable bonds is 6. The molecule has 0 heterocycles. The molecule has 0 unspecified atom stereocenters. The second-order valence-corrected chi connectivity index (χ2v) is 7.68. The second kappa shape index (κ2) is 6.52. The fourth-order valence-corrected chi connectivity index (χ4v) is 4.88. The summed E-state index contributed by atoms with van der Waals surface area (Å²) >= 11 is 0. The van der Waals surface area contributed by atoms with E-state index >= 15 is 0 Å². The first kappa shape index (κ1) is 15.2. The molecule has 112 valence electrons. The monoisotopic (exact) mass is 290 g/mol. The Morgan fingerprint density at radius 1 is 1.00 bits per heavy atom. The summed E-state index contributed by atoms with van der Waals surface area (Å²) in [5.74, 6) is 0. The zero-order chi connectivity index (χ0) is 13.9. The van der Waals surface area contributed by atoms with Crippen LogP contribution in [-0.4, -0.2) is 54.4 Å². The van der Waals surface area contributed by atoms with Crippen LogP contribution in [0.2, 0.25) is 0 Å². The van der Waals surface area contributed by atoms with Gasteiger partial charge in [0.05, 0.1) is 6.61 Å². The summed E-state index contributed by atoms with van der Waals surface area (Å²) in [5.41, 5.74) is 0. The molecule has 0 aromatic heterocycles. The first-order valence-electron chi connectivity index (χ1n) is 7.43. The minimum absolute atomic E-state index is 0.100. The van der Waals surface area contributed by atoms with Gasteiger partial charge in [0.1, 0.15) is 0 Å². The van der Waals surface area contributed by atoms with Crippen LogP contribution in [0.5, 0.6) is 0 Å². The van der Waals surface area contributed by atoms with Crippen LogP contribution < -0.4 is 0 Å². The first-order valence-corrected chi connectivity index (χ1v) is 8.82. The van der Waals surface area contributed by atoms with E-state index in [4.69, 9.17) is 5.11 Å². The van der Waals surface area contributed by atoms with Crippen molar-refractivity contribution in [1.82, 2.24) is 8.61 Å². The number of aliphatic hydroxyl groups excluding tert-OH is 1. The Morgan fingerprint density at radius 2 is 1.58 bits per heavy atom. The summed E-state index contributed by atoms with van der Waals surface area (Å²) < 4.78 is 28.5. The van der Waals surface area contributed by atoms with Crippen LogP contribution in [0.4, 0.5) is 0 Å². The molecule has 0 amide bonds. The van der Waals surface area contributed by atoms with Crippen LogP contribution in [0.15, 0.2) is 0 Å². The van der Waals surface area contributed by atoms with Crippen molar-refractivity contribution in [2.24, 2.45) is 0 Å². The highest BCUT2D eigenvalue weighted by atomic mass is 32.2. The fraction of sp³-hybridized carbons (Fsp3) is 1.00. The molecule has 0 bridgehead atoms. The molecule has 0 aromatic rings. The van der Waals surface area contributed by atoms with E-state index in [2.05, 4.69) is 0 Å². The highest BCUT2D eigenvalue weighted by Crippen LogP contribution is 2.30. The summed E-state index contributed by atoms with van der Waals surface area (Å²) in [6.07, 6.45) is 8.33. The van der Waals surface area contributed by atoms with E-state index in [9.17, 15) is 8.42 Å². The Hall–Kier alpha value is -0.170. The Morgan fingerprint density at radius 3 is 2.05 bits per heavy atom. The van der Waals surface area contributed by atoms with Gasteiger partial charge in [-0.1, -0.05) is 25.7 Å². The molecule has 0 saturated heterocycles. The molecule has 1 N–H and O–H groups in total. The van der Waals surface area contributed by atoms with Gasteiger partial charge in [0.2, 0.25) is 0 Å². The van der Waals surface area contributed by atoms with Gasteiger partial charge in [0.25, 0.3) is 10.2 Å². The van der Waals surface area contributed by atoms with Gasteiger partial charge in [-0.15, -0.1) is 0 Å². The van der Waals surface area contributed by atoms with Gasteiger partial charge in [0, 0.05) is 25.7 Å². The van der Waals surface area contributed by atoms with Gasteiger partial charge in [0.15, 0.2) is 0 Å². The zero-order valence-corrected chi connectivity index (χ0v) is 12.6. The fourth-order valence-electron chi connectivity index (χ4n) is 3.06. The third-order valence-corrected chi connectivity index (χ3v) is 6.65. The molecule has 2 aliphatic carbocycles. The third kappa shape index (κ3) is 3.29. The minimum Gasteiger partial charge on any atom is -0.395 e. The Kier molecular flexibility index (Phi) is 5.22. The molecule has 2 fully saturated rings. The number of nitrogens with zero attached hydrogens (tertiary/aromatic N) is 2. The van der Waals surface area contributed by atoms with E-state index in [1.54, 1.807) is 11.4 Å². The summed E-state index contributed by atoms with van der Waals surface area (Å²) in [7, 11) is -1.71. The summed E-state index contributed by atoms with van der Waals surface area (Å²) in [6.45, 7) is 0.123. The predicted octanol–water partition coefficient (Wildman–Crippen LogP) is 1.34. The van der Waals surface area contributed by atoms with Gasteiger partial charge < -0.3 is 5.11 Å². The topological polar surface area (TPSA) is 60.9 Å². The highest BCUT2D eigenvalue weighted by molar-refractivity contribution is 7.86. The third-order valence-electron chi connectivity index (χ3n) is 4.55. The van der Waals surface area contributed by atoms with Gasteiger partial charge >= 0.3 is 0 Å². The molecule has 0 atom stereocenters. The lowest BCUT2D eigenvalue weighted by atomic mass is 9.93. The molecule has 0 radical (unpaired) electrons. The quantitative estimate of drug-likeness (QED) is 0.803. The Bertz CT molecular complexity index is 375. The number of hydrogen-bond donors (Lipinski definition) is 1. The SMILES string of the molecule is CN(C1CCCCC1)S(=O)(=O)N(CCO)C1CCC1. The standard InChI is InChI=1S/C13H26N2O3S/c1-14(12-6-3-2-4-7-12)19(17,18)15(10-11-16)13-8-5-9-13/h12-13,16H,2-11H2,1H3. The summed E-state index contributed by atoms with van der Waals surface area (Å²) in [5, 5.41) is 9.14. The molecule has 2 saturated carbocycles. The van der Waals surface area contributed by atoms with Crippen molar-refractivity contribution in [2.45, 2.75) is 63.5 Å². The molecule has 0 aromatic carbocycles. The lowest BCUT2D eigenvalue weighted by Crippen LogP contribution is -2.53. The van der Waals surface area contributed by atoms with Crippen LogP contribution in [0.3, 0.4) is 0 Å². The maximum atomic E-state index is 12.7. The lowest BCUT2D eigenvalue weighted by molar-refractivity contribution is 0.162. The lowest BCUT2D eigenvalue weighted by Gasteiger charge is -2.40. The molecule has 5 nitrogen and oxygen atoms in total. The summed E-state index contributed by atoms with van der Waals surface area (Å²) in [4.78, 5) is 0. The molecule has 0 spiro atoms. The van der Waals surface area contributed by atoms with Gasteiger partial charge in [-0.05, 0) is 25.7 Å². The van der Waals surface area contributed by atoms with E-state index in [0.29, 0.717) is 0 Å². The van der Waals surface area contributed by atoms with Crippen molar-refractivity contribution in [3.8, 4) is 0 Å².